The smallest absolute Gasteiger partial charge is 0.244 e. The lowest BCUT2D eigenvalue weighted by Gasteiger charge is -2.31. The maximum atomic E-state index is 11.3. The first kappa shape index (κ1) is 12.8. The Kier molecular flexibility index (Phi) is 3.50. The fraction of sp³-hybridized carbons (Fsp3) is 0.400. The van der Waals surface area contributed by atoms with E-state index in [1.165, 1.54) is 0 Å². The van der Waals surface area contributed by atoms with E-state index in [-0.39, 0.29) is 5.91 Å². The number of hydrogen-bond acceptors (Lipinski definition) is 4. The Balaban J connectivity index is 1.75. The van der Waals surface area contributed by atoms with Crippen molar-refractivity contribution in [2.24, 2.45) is 0 Å². The van der Waals surface area contributed by atoms with Gasteiger partial charge in [-0.15, -0.1) is 0 Å². The molecule has 0 unspecified atom stereocenters. The molecular formula is C15H17N3O2. The zero-order valence-electron chi connectivity index (χ0n) is 11.5. The van der Waals surface area contributed by atoms with Gasteiger partial charge >= 0.3 is 0 Å². The van der Waals surface area contributed by atoms with E-state index in [4.69, 9.17) is 4.42 Å². The van der Waals surface area contributed by atoms with Crippen LogP contribution >= 0.6 is 0 Å². The number of carbonyl (C=O) groups excluding carboxylic acids is 1. The van der Waals surface area contributed by atoms with Gasteiger partial charge < -0.3 is 9.32 Å². The van der Waals surface area contributed by atoms with Crippen LogP contribution in [-0.2, 0) is 4.79 Å². The third-order valence-corrected chi connectivity index (χ3v) is 3.78. The van der Waals surface area contributed by atoms with Crippen LogP contribution in [0.15, 0.2) is 35.1 Å². The van der Waals surface area contributed by atoms with E-state index in [9.17, 15) is 4.79 Å². The summed E-state index contributed by atoms with van der Waals surface area (Å²) < 4.78 is 5.28. The third-order valence-electron chi connectivity index (χ3n) is 3.78. The van der Waals surface area contributed by atoms with Gasteiger partial charge in [0.15, 0.2) is 0 Å². The zero-order valence-corrected chi connectivity index (χ0v) is 11.5. The SMILES string of the molecule is CC(=O)N1CCC(c2cccc(-c3ncco3)n2)CC1. The van der Waals surface area contributed by atoms with E-state index in [1.54, 1.807) is 19.4 Å². The van der Waals surface area contributed by atoms with Gasteiger partial charge in [0.2, 0.25) is 11.8 Å². The van der Waals surface area contributed by atoms with Crippen molar-refractivity contribution >= 4 is 5.91 Å². The van der Waals surface area contributed by atoms with Gasteiger partial charge in [-0.2, -0.15) is 0 Å². The number of piperidine rings is 1. The number of likely N-dealkylation sites (tertiary alicyclic amines) is 1. The largest absolute Gasteiger partial charge is 0.443 e. The minimum Gasteiger partial charge on any atom is -0.443 e. The van der Waals surface area contributed by atoms with Crippen molar-refractivity contribution < 1.29 is 9.21 Å². The molecule has 0 N–H and O–H groups in total. The Morgan fingerprint density at radius 3 is 2.80 bits per heavy atom. The van der Waals surface area contributed by atoms with Crippen LogP contribution in [0.4, 0.5) is 0 Å². The molecule has 0 radical (unpaired) electrons. The molecule has 0 aromatic carbocycles. The van der Waals surface area contributed by atoms with Gasteiger partial charge in [0.1, 0.15) is 12.0 Å². The van der Waals surface area contributed by atoms with Crippen molar-refractivity contribution in [1.82, 2.24) is 14.9 Å². The standard InChI is InChI=1S/C15H17N3O2/c1-11(19)18-8-5-12(6-9-18)13-3-2-4-14(17-13)15-16-7-10-20-15/h2-4,7,10,12H,5-6,8-9H2,1H3. The van der Waals surface area contributed by atoms with Gasteiger partial charge in [-0.3, -0.25) is 4.79 Å². The summed E-state index contributed by atoms with van der Waals surface area (Å²) in [6, 6.07) is 5.93. The van der Waals surface area contributed by atoms with Crippen LogP contribution < -0.4 is 0 Å². The third kappa shape index (κ3) is 2.57. The lowest BCUT2D eigenvalue weighted by Crippen LogP contribution is -2.36. The Morgan fingerprint density at radius 2 is 2.15 bits per heavy atom. The van der Waals surface area contributed by atoms with E-state index in [0.717, 1.165) is 37.3 Å². The molecule has 20 heavy (non-hydrogen) atoms. The summed E-state index contributed by atoms with van der Waals surface area (Å²) in [5.74, 6) is 1.11. The number of nitrogens with zero attached hydrogens (tertiary/aromatic N) is 3. The summed E-state index contributed by atoms with van der Waals surface area (Å²) in [6.45, 7) is 3.25. The molecule has 1 aliphatic heterocycles. The highest BCUT2D eigenvalue weighted by Crippen LogP contribution is 2.28. The molecule has 104 valence electrons. The quantitative estimate of drug-likeness (QED) is 0.842. The van der Waals surface area contributed by atoms with E-state index in [0.29, 0.717) is 11.8 Å². The molecule has 5 heteroatoms. The minimum absolute atomic E-state index is 0.157. The predicted molar refractivity (Wildman–Crippen MR) is 74.0 cm³/mol. The second-order valence-electron chi connectivity index (χ2n) is 5.07. The summed E-state index contributed by atoms with van der Waals surface area (Å²) in [4.78, 5) is 22.0. The first-order valence-electron chi connectivity index (χ1n) is 6.86. The van der Waals surface area contributed by atoms with Crippen LogP contribution in [0.1, 0.15) is 31.4 Å². The molecule has 5 nitrogen and oxygen atoms in total. The first-order valence-corrected chi connectivity index (χ1v) is 6.86. The zero-order chi connectivity index (χ0) is 13.9. The molecule has 0 aliphatic carbocycles. The van der Waals surface area contributed by atoms with Crippen LogP contribution in [0.2, 0.25) is 0 Å². The van der Waals surface area contributed by atoms with Crippen molar-refractivity contribution in [2.75, 3.05) is 13.1 Å². The Bertz CT molecular complexity index is 587. The maximum absolute atomic E-state index is 11.3. The maximum Gasteiger partial charge on any atom is 0.244 e. The summed E-state index contributed by atoms with van der Waals surface area (Å²) >= 11 is 0. The van der Waals surface area contributed by atoms with Crippen LogP contribution in [-0.4, -0.2) is 33.9 Å². The van der Waals surface area contributed by atoms with Crippen molar-refractivity contribution in [1.29, 1.82) is 0 Å². The lowest BCUT2D eigenvalue weighted by molar-refractivity contribution is -0.129. The van der Waals surface area contributed by atoms with Crippen molar-refractivity contribution in [3.8, 4) is 11.6 Å². The average Bonchev–Trinajstić information content (AvgIpc) is 3.02. The molecule has 2 aromatic heterocycles. The van der Waals surface area contributed by atoms with E-state index in [1.807, 2.05) is 23.1 Å². The number of pyridine rings is 1. The van der Waals surface area contributed by atoms with Crippen LogP contribution in [0.25, 0.3) is 11.6 Å². The molecular weight excluding hydrogens is 254 g/mol. The number of oxazole rings is 1. The Hall–Kier alpha value is -2.17. The molecule has 1 aliphatic rings. The van der Waals surface area contributed by atoms with Crippen LogP contribution in [0, 0.1) is 0 Å². The molecule has 3 rings (SSSR count). The highest BCUT2D eigenvalue weighted by Gasteiger charge is 2.23. The molecule has 0 atom stereocenters. The normalized spacial score (nSPS) is 16.4. The molecule has 0 spiro atoms. The van der Waals surface area contributed by atoms with Gasteiger partial charge in [0, 0.05) is 31.6 Å². The lowest BCUT2D eigenvalue weighted by atomic mass is 9.93. The second-order valence-corrected chi connectivity index (χ2v) is 5.07. The molecule has 0 saturated carbocycles. The van der Waals surface area contributed by atoms with Gasteiger partial charge in [0.05, 0.1) is 6.20 Å². The number of rotatable bonds is 2. The highest BCUT2D eigenvalue weighted by molar-refractivity contribution is 5.73. The molecule has 1 fully saturated rings. The highest BCUT2D eigenvalue weighted by atomic mass is 16.3. The van der Waals surface area contributed by atoms with Crippen LogP contribution in [0.5, 0.6) is 0 Å². The Morgan fingerprint density at radius 1 is 1.35 bits per heavy atom. The minimum atomic E-state index is 0.157. The average molecular weight is 271 g/mol. The second kappa shape index (κ2) is 5.45. The van der Waals surface area contributed by atoms with Crippen LogP contribution in [0.3, 0.4) is 0 Å². The van der Waals surface area contributed by atoms with Crippen molar-refractivity contribution in [3.63, 3.8) is 0 Å². The van der Waals surface area contributed by atoms with E-state index < -0.39 is 0 Å². The fourth-order valence-electron chi connectivity index (χ4n) is 2.64. The van der Waals surface area contributed by atoms with E-state index >= 15 is 0 Å². The predicted octanol–water partition coefficient (Wildman–Crippen LogP) is 2.46. The molecule has 1 amide bonds. The topological polar surface area (TPSA) is 59.2 Å². The summed E-state index contributed by atoms with van der Waals surface area (Å²) in [7, 11) is 0. The van der Waals surface area contributed by atoms with E-state index in [2.05, 4.69) is 9.97 Å². The summed E-state index contributed by atoms with van der Waals surface area (Å²) in [5.41, 5.74) is 1.82. The molecule has 1 saturated heterocycles. The van der Waals surface area contributed by atoms with Gasteiger partial charge in [0.25, 0.3) is 0 Å². The number of aromatic nitrogens is 2. The van der Waals surface area contributed by atoms with Gasteiger partial charge in [-0.25, -0.2) is 9.97 Å². The molecule has 0 bridgehead atoms. The van der Waals surface area contributed by atoms with Crippen molar-refractivity contribution in [2.45, 2.75) is 25.7 Å². The Labute approximate surface area is 117 Å². The molecule has 2 aromatic rings. The number of hydrogen-bond donors (Lipinski definition) is 0. The molecule has 3 heterocycles. The van der Waals surface area contributed by atoms with Gasteiger partial charge in [-0.1, -0.05) is 6.07 Å². The summed E-state index contributed by atoms with van der Waals surface area (Å²) in [5, 5.41) is 0. The monoisotopic (exact) mass is 271 g/mol. The number of amides is 1. The fourth-order valence-corrected chi connectivity index (χ4v) is 2.64. The summed E-state index contributed by atoms with van der Waals surface area (Å²) in [6.07, 6.45) is 5.09. The van der Waals surface area contributed by atoms with Crippen molar-refractivity contribution in [3.05, 3.63) is 36.4 Å². The first-order chi connectivity index (χ1) is 9.74. The van der Waals surface area contributed by atoms with Gasteiger partial charge in [-0.05, 0) is 25.0 Å². The number of carbonyl (C=O) groups is 1.